The molecule has 0 saturated carbocycles. The first-order valence-electron chi connectivity index (χ1n) is 11.3. The number of benzene rings is 1. The Labute approximate surface area is 189 Å². The molecule has 7 nitrogen and oxygen atoms in total. The number of para-hydroxylation sites is 2. The lowest BCUT2D eigenvalue weighted by Gasteiger charge is -2.28. The van der Waals surface area contributed by atoms with E-state index >= 15 is 0 Å². The number of likely N-dealkylation sites (N-methyl/N-ethyl adjacent to an activating group) is 1. The first-order valence-corrected chi connectivity index (χ1v) is 11.3. The summed E-state index contributed by atoms with van der Waals surface area (Å²) in [5.74, 6) is 0.791. The predicted molar refractivity (Wildman–Crippen MR) is 126 cm³/mol. The molecule has 1 aromatic carbocycles. The van der Waals surface area contributed by atoms with Crippen molar-refractivity contribution in [2.75, 3.05) is 32.1 Å². The highest BCUT2D eigenvalue weighted by Crippen LogP contribution is 2.36. The van der Waals surface area contributed by atoms with Crippen molar-refractivity contribution < 1.29 is 9.53 Å². The van der Waals surface area contributed by atoms with Gasteiger partial charge in [-0.15, -0.1) is 0 Å². The van der Waals surface area contributed by atoms with E-state index in [1.54, 1.807) is 0 Å². The maximum atomic E-state index is 11.7. The molecule has 0 amide bonds. The monoisotopic (exact) mass is 433 g/mol. The number of carbonyl (C=O) groups is 1. The van der Waals surface area contributed by atoms with Gasteiger partial charge in [0.1, 0.15) is 18.0 Å². The Kier molecular flexibility index (Phi) is 6.07. The molecule has 1 aliphatic rings. The number of nitrogens with zero attached hydrogens (tertiary/aromatic N) is 5. The van der Waals surface area contributed by atoms with E-state index in [1.165, 1.54) is 6.92 Å². The van der Waals surface area contributed by atoms with E-state index in [9.17, 15) is 10.1 Å². The molecule has 7 heteroatoms. The van der Waals surface area contributed by atoms with Crippen molar-refractivity contribution in [1.82, 2.24) is 14.3 Å². The van der Waals surface area contributed by atoms with Gasteiger partial charge in [-0.25, -0.2) is 4.98 Å². The van der Waals surface area contributed by atoms with E-state index < -0.39 is 0 Å². The van der Waals surface area contributed by atoms with Gasteiger partial charge >= 0.3 is 5.97 Å². The zero-order chi connectivity index (χ0) is 23.0. The minimum absolute atomic E-state index is 0.240. The minimum Gasteiger partial charge on any atom is -0.462 e. The molecule has 3 aromatic rings. The second kappa shape index (κ2) is 8.79. The smallest absolute Gasteiger partial charge is 0.302 e. The SMILES string of the molecule is CCC(Cc1c(C)c(C#N)c2nc3ccccc3n2c1N1CC[C@H](N(C)C)C1)OC(C)=O. The average Bonchev–Trinajstić information content (AvgIpc) is 3.39. The van der Waals surface area contributed by atoms with Gasteiger partial charge in [0.25, 0.3) is 0 Å². The Balaban J connectivity index is 2.00. The highest BCUT2D eigenvalue weighted by atomic mass is 16.5. The lowest BCUT2D eigenvalue weighted by atomic mass is 9.97. The molecule has 168 valence electrons. The standard InChI is InChI=1S/C25H31N5O2/c1-6-19(32-17(3)31)13-20-16(2)21(14-26)24-27-22-9-7-8-10-23(22)30(24)25(20)29-12-11-18(15-29)28(4)5/h7-10,18-19H,6,11-13,15H2,1-5H3/t18-,19?/m0/s1. The number of anilines is 1. The van der Waals surface area contributed by atoms with Gasteiger partial charge in [-0.05, 0) is 51.6 Å². The molecule has 3 heterocycles. The van der Waals surface area contributed by atoms with Gasteiger partial charge in [-0.2, -0.15) is 5.26 Å². The van der Waals surface area contributed by atoms with Crippen LogP contribution >= 0.6 is 0 Å². The van der Waals surface area contributed by atoms with Crippen LogP contribution in [0, 0.1) is 18.3 Å². The van der Waals surface area contributed by atoms with Crippen LogP contribution in [0.25, 0.3) is 16.7 Å². The number of esters is 1. The topological polar surface area (TPSA) is 73.9 Å². The van der Waals surface area contributed by atoms with Crippen LogP contribution in [-0.2, 0) is 16.0 Å². The molecule has 1 saturated heterocycles. The predicted octanol–water partition coefficient (Wildman–Crippen LogP) is 3.69. The Hall–Kier alpha value is -3.11. The van der Waals surface area contributed by atoms with Gasteiger partial charge in [0.05, 0.1) is 16.6 Å². The average molecular weight is 434 g/mol. The molecule has 1 aliphatic heterocycles. The Bertz CT molecular complexity index is 1210. The number of fused-ring (bicyclic) bond motifs is 3. The van der Waals surface area contributed by atoms with Gasteiger partial charge < -0.3 is 14.5 Å². The largest absolute Gasteiger partial charge is 0.462 e. The summed E-state index contributed by atoms with van der Waals surface area (Å²) < 4.78 is 7.76. The van der Waals surface area contributed by atoms with E-state index in [2.05, 4.69) is 40.4 Å². The van der Waals surface area contributed by atoms with Crippen LogP contribution in [0.1, 0.15) is 43.4 Å². The summed E-state index contributed by atoms with van der Waals surface area (Å²) in [5.41, 5.74) is 5.12. The molecule has 32 heavy (non-hydrogen) atoms. The van der Waals surface area contributed by atoms with E-state index in [0.29, 0.717) is 30.1 Å². The number of hydrogen-bond donors (Lipinski definition) is 0. The number of ether oxygens (including phenoxy) is 1. The van der Waals surface area contributed by atoms with Crippen LogP contribution in [0.5, 0.6) is 0 Å². The summed E-state index contributed by atoms with van der Waals surface area (Å²) in [7, 11) is 4.24. The molecule has 1 fully saturated rings. The number of aromatic nitrogens is 2. The van der Waals surface area contributed by atoms with Crippen LogP contribution in [0.2, 0.25) is 0 Å². The molecule has 2 atom stereocenters. The van der Waals surface area contributed by atoms with Crippen molar-refractivity contribution in [3.05, 3.63) is 41.0 Å². The summed E-state index contributed by atoms with van der Waals surface area (Å²) in [6.07, 6.45) is 2.11. The zero-order valence-electron chi connectivity index (χ0n) is 19.6. The van der Waals surface area contributed by atoms with E-state index in [0.717, 1.165) is 47.5 Å². The van der Waals surface area contributed by atoms with E-state index in [-0.39, 0.29) is 12.1 Å². The fourth-order valence-corrected chi connectivity index (χ4v) is 4.83. The van der Waals surface area contributed by atoms with Gasteiger partial charge in [-0.1, -0.05) is 19.1 Å². The molecule has 0 spiro atoms. The summed E-state index contributed by atoms with van der Waals surface area (Å²) in [5, 5.41) is 10.1. The third-order valence-electron chi connectivity index (χ3n) is 6.62. The third kappa shape index (κ3) is 3.80. The van der Waals surface area contributed by atoms with Crippen molar-refractivity contribution in [2.24, 2.45) is 0 Å². The zero-order valence-corrected chi connectivity index (χ0v) is 19.6. The highest BCUT2D eigenvalue weighted by molar-refractivity contribution is 5.86. The molecular weight excluding hydrogens is 402 g/mol. The third-order valence-corrected chi connectivity index (χ3v) is 6.62. The second-order valence-corrected chi connectivity index (χ2v) is 8.87. The van der Waals surface area contributed by atoms with Gasteiger partial charge in [0, 0.05) is 38.0 Å². The maximum absolute atomic E-state index is 11.7. The first-order chi connectivity index (χ1) is 15.3. The molecule has 0 aliphatic carbocycles. The number of rotatable bonds is 6. The van der Waals surface area contributed by atoms with Crippen molar-refractivity contribution in [2.45, 2.75) is 52.2 Å². The number of nitriles is 1. The van der Waals surface area contributed by atoms with Crippen molar-refractivity contribution in [1.29, 1.82) is 5.26 Å². The summed E-state index contributed by atoms with van der Waals surface area (Å²) in [6.45, 7) is 7.30. The van der Waals surface area contributed by atoms with Crippen molar-refractivity contribution in [3.63, 3.8) is 0 Å². The minimum atomic E-state index is -0.278. The fourth-order valence-electron chi connectivity index (χ4n) is 4.83. The molecule has 1 unspecified atom stereocenters. The number of carbonyl (C=O) groups excluding carboxylic acids is 1. The van der Waals surface area contributed by atoms with Crippen LogP contribution in [-0.4, -0.2) is 59.6 Å². The Morgan fingerprint density at radius 3 is 2.75 bits per heavy atom. The number of pyridine rings is 1. The quantitative estimate of drug-likeness (QED) is 0.552. The molecule has 0 bridgehead atoms. The van der Waals surface area contributed by atoms with E-state index in [4.69, 9.17) is 9.72 Å². The summed E-state index contributed by atoms with van der Waals surface area (Å²) in [4.78, 5) is 21.2. The molecule has 4 rings (SSSR count). The lowest BCUT2D eigenvalue weighted by Crippen LogP contribution is -2.33. The second-order valence-electron chi connectivity index (χ2n) is 8.87. The lowest BCUT2D eigenvalue weighted by molar-refractivity contribution is -0.146. The van der Waals surface area contributed by atoms with E-state index in [1.807, 2.05) is 32.0 Å². The van der Waals surface area contributed by atoms with Crippen molar-refractivity contribution in [3.8, 4) is 6.07 Å². The van der Waals surface area contributed by atoms with Gasteiger partial charge in [0.2, 0.25) is 0 Å². The fraction of sp³-hybridized carbons (Fsp3) is 0.480. The normalized spacial score (nSPS) is 17.3. The Morgan fingerprint density at radius 2 is 2.12 bits per heavy atom. The molecule has 0 N–H and O–H groups in total. The summed E-state index contributed by atoms with van der Waals surface area (Å²) >= 11 is 0. The molecule has 0 radical (unpaired) electrons. The van der Waals surface area contributed by atoms with Gasteiger partial charge in [0.15, 0.2) is 5.65 Å². The van der Waals surface area contributed by atoms with Crippen molar-refractivity contribution >= 4 is 28.5 Å². The van der Waals surface area contributed by atoms with Gasteiger partial charge in [-0.3, -0.25) is 9.20 Å². The van der Waals surface area contributed by atoms with Crippen LogP contribution in [0.4, 0.5) is 5.82 Å². The van der Waals surface area contributed by atoms with Crippen LogP contribution in [0.3, 0.4) is 0 Å². The highest BCUT2D eigenvalue weighted by Gasteiger charge is 2.31. The molecule has 2 aromatic heterocycles. The first kappa shape index (κ1) is 22.1. The maximum Gasteiger partial charge on any atom is 0.302 e. The Morgan fingerprint density at radius 1 is 1.38 bits per heavy atom. The number of imidazole rings is 1. The molecular formula is C25H31N5O2. The summed E-state index contributed by atoms with van der Waals surface area (Å²) in [6, 6.07) is 10.9. The number of hydrogen-bond acceptors (Lipinski definition) is 6. The van der Waals surface area contributed by atoms with Crippen LogP contribution < -0.4 is 4.90 Å². The van der Waals surface area contributed by atoms with Crippen LogP contribution in [0.15, 0.2) is 24.3 Å².